The molecule has 0 atom stereocenters. The SMILES string of the molecule is [2H]c1cc([Si](c2ccccc2)(c2ccccc2)c2cccc(-c3c([2H])c([2H])c([2H])c([2H])c3[2H])c2)c([2H])c([2H])c1-c1nc(-n2c3c([2H])c([2H])c([2H])c([2H])c3c3c([2H])c([2H])c([2H])c([2H])c32)nc(-n2c3c([2H])c([2H])c([2H])c([2H])c3c3c([2H])c([2H])c([2H])c([2H])c32)n1. The molecule has 0 aliphatic rings. The highest BCUT2D eigenvalue weighted by molar-refractivity contribution is 7.19. The van der Waals surface area contributed by atoms with Gasteiger partial charge in [-0.15, -0.1) is 0 Å². The number of nitrogens with zero attached hydrogens (tertiary/aromatic N) is 5. The Balaban J connectivity index is 1.25. The van der Waals surface area contributed by atoms with Crippen molar-refractivity contribution in [2.24, 2.45) is 0 Å². The maximum atomic E-state index is 10.3. The van der Waals surface area contributed by atoms with E-state index in [0.717, 1.165) is 9.13 Å². The molecule has 0 amide bonds. The van der Waals surface area contributed by atoms with Gasteiger partial charge in [0.1, 0.15) is 0 Å². The predicted octanol–water partition coefficient (Wildman–Crippen LogP) is 10.8. The van der Waals surface area contributed by atoms with Crippen LogP contribution in [-0.4, -0.2) is 32.2 Å². The van der Waals surface area contributed by atoms with Crippen LogP contribution in [0.25, 0.3) is 78.0 Å². The normalized spacial score (nSPS) is 17.1. The quantitative estimate of drug-likeness (QED) is 0.113. The summed E-state index contributed by atoms with van der Waals surface area (Å²) in [5, 5.41) is 0.178. The smallest absolute Gasteiger partial charge is 0.240 e. The highest BCUT2D eigenvalue weighted by Gasteiger charge is 2.41. The third kappa shape index (κ3) is 5.95. The minimum absolute atomic E-state index is 0.110. The average Bonchev–Trinajstić information content (AvgIpc) is 1.64. The average molecular weight is 846 g/mol. The summed E-state index contributed by atoms with van der Waals surface area (Å²) >= 11 is 0. The monoisotopic (exact) mass is 845 g/mol. The maximum absolute atomic E-state index is 10.3. The van der Waals surface area contributed by atoms with Crippen molar-refractivity contribution in [2.75, 3.05) is 0 Å². The topological polar surface area (TPSA) is 48.5 Å². The van der Waals surface area contributed by atoms with Crippen molar-refractivity contribution in [2.45, 2.75) is 0 Å². The molecule has 0 aliphatic heterocycles. The highest BCUT2D eigenvalue weighted by Crippen LogP contribution is 2.34. The summed E-state index contributed by atoms with van der Waals surface area (Å²) in [7, 11) is -4.12. The lowest BCUT2D eigenvalue weighted by Crippen LogP contribution is -2.74. The minimum atomic E-state index is -4.12. The predicted molar refractivity (Wildman–Crippen MR) is 263 cm³/mol. The Morgan fingerprint density at radius 1 is 0.333 bits per heavy atom. The molecule has 0 aliphatic carbocycles. The summed E-state index contributed by atoms with van der Waals surface area (Å²) in [5.74, 6) is -2.19. The second-order valence-corrected chi connectivity index (χ2v) is 18.0. The van der Waals surface area contributed by atoms with Crippen LogP contribution in [0.4, 0.5) is 0 Å². The highest BCUT2D eigenvalue weighted by atomic mass is 28.3. The fraction of sp³-hybridized carbons (Fsp3) is 0. The lowest BCUT2D eigenvalue weighted by atomic mass is 10.1. The first kappa shape index (κ1) is 19.7. The Morgan fingerprint density at radius 3 is 1.30 bits per heavy atom. The van der Waals surface area contributed by atoms with Gasteiger partial charge < -0.3 is 0 Å². The van der Waals surface area contributed by atoms with Gasteiger partial charge in [-0.2, -0.15) is 15.0 Å². The standard InChI is InChI=1S/C57H39N5Si/c1-4-19-40(20-5-1)42-21-18-26-46(39-42)63(43-22-6-2-7-23-43,44-24-8-3-9-25-44)45-37-35-41(36-38-45)55-58-56(61-51-31-14-10-27-47(51)48-28-11-15-32-52(48)61)60-57(59-55)62-53-33-16-12-29-49(53)50-30-13-17-34-54(50)62/h1-39H/i1D,4D,5D,10D,11D,12D,13D,14D,15D,16D,17D,19D,20D,27D,28D,29D,30D,31D,32D,33D,34D,35D,36D,37D. The zero-order valence-electron chi connectivity index (χ0n) is 56.4. The second kappa shape index (κ2) is 15.1. The molecule has 0 saturated heterocycles. The van der Waals surface area contributed by atoms with Crippen molar-refractivity contribution in [3.63, 3.8) is 0 Å². The number of rotatable bonds is 8. The van der Waals surface area contributed by atoms with Crippen molar-refractivity contribution in [3.8, 4) is 34.4 Å². The van der Waals surface area contributed by atoms with Crippen LogP contribution in [0.15, 0.2) is 236 Å². The van der Waals surface area contributed by atoms with E-state index in [1.54, 1.807) is 60.7 Å². The van der Waals surface area contributed by atoms with Crippen LogP contribution in [-0.2, 0) is 0 Å². The lowest BCUT2D eigenvalue weighted by molar-refractivity contribution is 0.893. The summed E-state index contributed by atoms with van der Waals surface area (Å²) in [6.45, 7) is 0. The third-order valence-electron chi connectivity index (χ3n) is 10.9. The van der Waals surface area contributed by atoms with Crippen molar-refractivity contribution < 1.29 is 32.9 Å². The van der Waals surface area contributed by atoms with E-state index in [-0.39, 0.29) is 16.3 Å². The fourth-order valence-corrected chi connectivity index (χ4v) is 12.8. The zero-order chi connectivity index (χ0) is 62.6. The number of para-hydroxylation sites is 4. The first-order valence-corrected chi connectivity index (χ1v) is 21.4. The molecular weight excluding hydrogens is 783 g/mol. The third-order valence-corrected chi connectivity index (χ3v) is 15.5. The molecular formula is C57H39N5Si. The molecule has 9 aromatic carbocycles. The first-order valence-electron chi connectivity index (χ1n) is 31.4. The van der Waals surface area contributed by atoms with Gasteiger partial charge in [0.15, 0.2) is 13.9 Å². The van der Waals surface area contributed by atoms with Crippen LogP contribution in [0.1, 0.15) is 32.9 Å². The summed E-state index contributed by atoms with van der Waals surface area (Å²) in [6.07, 6.45) is 0. The Morgan fingerprint density at radius 2 is 0.794 bits per heavy atom. The molecule has 0 unspecified atom stereocenters. The Kier molecular flexibility index (Phi) is 4.70. The zero-order valence-corrected chi connectivity index (χ0v) is 33.4. The number of benzene rings is 9. The van der Waals surface area contributed by atoms with E-state index in [0.29, 0.717) is 15.6 Å². The molecule has 63 heavy (non-hydrogen) atoms. The van der Waals surface area contributed by atoms with Crippen LogP contribution in [0.3, 0.4) is 0 Å². The van der Waals surface area contributed by atoms with Crippen LogP contribution in [0.5, 0.6) is 0 Å². The number of hydrogen-bond donors (Lipinski definition) is 0. The molecule has 0 bridgehead atoms. The number of fused-ring (bicyclic) bond motifs is 6. The first-order chi connectivity index (χ1) is 41.2. The summed E-state index contributed by atoms with van der Waals surface area (Å²) in [5.41, 5.74) is -2.42. The van der Waals surface area contributed by atoms with Gasteiger partial charge in [0.2, 0.25) is 11.9 Å². The van der Waals surface area contributed by atoms with E-state index in [1.165, 1.54) is 6.07 Å². The Hall–Kier alpha value is -8.19. The summed E-state index contributed by atoms with van der Waals surface area (Å²) in [4.78, 5) is 14.2. The van der Waals surface area contributed by atoms with E-state index in [1.807, 2.05) is 24.3 Å². The van der Waals surface area contributed by atoms with Crippen molar-refractivity contribution in [1.29, 1.82) is 0 Å². The number of aromatic nitrogens is 5. The van der Waals surface area contributed by atoms with Crippen LogP contribution >= 0.6 is 0 Å². The molecule has 0 fully saturated rings. The fourth-order valence-electron chi connectivity index (χ4n) is 8.22. The molecule has 12 rings (SSSR count). The van der Waals surface area contributed by atoms with Crippen LogP contribution in [0, 0.1) is 0 Å². The molecule has 6 heteroatoms. The molecule has 5 nitrogen and oxygen atoms in total. The van der Waals surface area contributed by atoms with Gasteiger partial charge in [0.25, 0.3) is 0 Å². The van der Waals surface area contributed by atoms with Gasteiger partial charge in [-0.1, -0.05) is 212 Å². The molecule has 0 spiro atoms. The number of hydrogen-bond acceptors (Lipinski definition) is 3. The molecule has 12 aromatic rings. The Labute approximate surface area is 399 Å². The van der Waals surface area contributed by atoms with Crippen molar-refractivity contribution >= 4 is 72.4 Å². The van der Waals surface area contributed by atoms with E-state index in [4.69, 9.17) is 38.3 Å². The van der Waals surface area contributed by atoms with Gasteiger partial charge in [0.05, 0.1) is 55.0 Å². The van der Waals surface area contributed by atoms with E-state index in [9.17, 15) is 9.60 Å². The van der Waals surface area contributed by atoms with Gasteiger partial charge in [0, 0.05) is 27.1 Å². The minimum Gasteiger partial charge on any atom is -0.278 e. The summed E-state index contributed by atoms with van der Waals surface area (Å²) in [6, 6.07) is 8.82. The largest absolute Gasteiger partial charge is 0.278 e. The lowest BCUT2D eigenvalue weighted by Gasteiger charge is -2.34. The summed E-state index contributed by atoms with van der Waals surface area (Å²) < 4.78 is 219. The van der Waals surface area contributed by atoms with Crippen LogP contribution in [0.2, 0.25) is 0 Å². The van der Waals surface area contributed by atoms with Crippen LogP contribution < -0.4 is 20.7 Å². The molecule has 3 aromatic heterocycles. The van der Waals surface area contributed by atoms with E-state index < -0.39 is 220 Å². The van der Waals surface area contributed by atoms with E-state index in [2.05, 4.69) is 0 Å². The molecule has 3 heterocycles. The molecule has 0 saturated carbocycles. The van der Waals surface area contributed by atoms with Gasteiger partial charge in [-0.25, -0.2) is 0 Å². The molecule has 296 valence electrons. The molecule has 0 N–H and O–H groups in total. The van der Waals surface area contributed by atoms with Crippen molar-refractivity contribution in [1.82, 2.24) is 24.1 Å². The van der Waals surface area contributed by atoms with Gasteiger partial charge in [-0.05, 0) is 56.0 Å². The van der Waals surface area contributed by atoms with Gasteiger partial charge >= 0.3 is 0 Å². The molecule has 0 radical (unpaired) electrons. The van der Waals surface area contributed by atoms with Gasteiger partial charge in [-0.3, -0.25) is 9.13 Å². The Bertz CT molecular complexity index is 4650. The maximum Gasteiger partial charge on any atom is 0.240 e. The van der Waals surface area contributed by atoms with Crippen molar-refractivity contribution in [3.05, 3.63) is 236 Å². The second-order valence-electron chi connectivity index (χ2n) is 14.2. The van der Waals surface area contributed by atoms with E-state index >= 15 is 0 Å².